The van der Waals surface area contributed by atoms with Gasteiger partial charge in [-0.3, -0.25) is 0 Å². The number of hydrogen-bond acceptors (Lipinski definition) is 3. The molecule has 1 aliphatic heterocycles. The van der Waals surface area contributed by atoms with Gasteiger partial charge in [-0.25, -0.2) is 0 Å². The van der Waals surface area contributed by atoms with Gasteiger partial charge in [-0.15, -0.1) is 0 Å². The van der Waals surface area contributed by atoms with E-state index in [0.717, 1.165) is 25.6 Å². The highest BCUT2D eigenvalue weighted by molar-refractivity contribution is 4.80. The third-order valence-corrected chi connectivity index (χ3v) is 3.09. The van der Waals surface area contributed by atoms with Crippen LogP contribution in [0.5, 0.6) is 0 Å². The average molecular weight is 200 g/mol. The highest BCUT2D eigenvalue weighted by Crippen LogP contribution is 2.24. The third-order valence-electron chi connectivity index (χ3n) is 3.09. The summed E-state index contributed by atoms with van der Waals surface area (Å²) in [7, 11) is 4.31. The minimum absolute atomic E-state index is 0.297. The molecule has 1 saturated heterocycles. The summed E-state index contributed by atoms with van der Waals surface area (Å²) in [5.74, 6) is 0.768. The van der Waals surface area contributed by atoms with E-state index in [-0.39, 0.29) is 0 Å². The van der Waals surface area contributed by atoms with Gasteiger partial charge in [0.2, 0.25) is 0 Å². The normalized spacial score (nSPS) is 23.8. The lowest BCUT2D eigenvalue weighted by Gasteiger charge is -2.35. The Bertz CT molecular complexity index is 153. The summed E-state index contributed by atoms with van der Waals surface area (Å²) in [6.45, 7) is 3.94. The van der Waals surface area contributed by atoms with E-state index in [0.29, 0.717) is 12.1 Å². The van der Waals surface area contributed by atoms with Crippen molar-refractivity contribution >= 4 is 0 Å². The molecule has 1 aliphatic rings. The molecule has 0 aromatic rings. The summed E-state index contributed by atoms with van der Waals surface area (Å²) < 4.78 is 5.38. The minimum Gasteiger partial charge on any atom is -0.381 e. The molecule has 1 fully saturated rings. The van der Waals surface area contributed by atoms with E-state index < -0.39 is 0 Å². The van der Waals surface area contributed by atoms with Crippen molar-refractivity contribution in [3.05, 3.63) is 0 Å². The van der Waals surface area contributed by atoms with Crippen molar-refractivity contribution in [2.45, 2.75) is 38.3 Å². The van der Waals surface area contributed by atoms with Gasteiger partial charge in [-0.1, -0.05) is 0 Å². The van der Waals surface area contributed by atoms with Crippen LogP contribution in [0, 0.1) is 5.92 Å². The van der Waals surface area contributed by atoms with Crippen molar-refractivity contribution in [3.8, 4) is 0 Å². The number of hydrogen-bond donors (Lipinski definition) is 1. The van der Waals surface area contributed by atoms with Crippen LogP contribution < -0.4 is 5.73 Å². The first kappa shape index (κ1) is 12.0. The zero-order valence-electron chi connectivity index (χ0n) is 9.70. The fourth-order valence-electron chi connectivity index (χ4n) is 2.31. The molecule has 84 valence electrons. The van der Waals surface area contributed by atoms with Gasteiger partial charge in [-0.2, -0.15) is 0 Å². The lowest BCUT2D eigenvalue weighted by Crippen LogP contribution is -2.41. The lowest BCUT2D eigenvalue weighted by atomic mass is 9.87. The van der Waals surface area contributed by atoms with Crippen molar-refractivity contribution in [2.75, 3.05) is 27.3 Å². The summed E-state index contributed by atoms with van der Waals surface area (Å²) in [4.78, 5) is 2.32. The number of nitrogens with two attached hydrogens (primary N) is 1. The number of ether oxygens (including phenoxy) is 1. The van der Waals surface area contributed by atoms with Crippen LogP contribution in [0.15, 0.2) is 0 Å². The average Bonchev–Trinajstić information content (AvgIpc) is 2.15. The highest BCUT2D eigenvalue weighted by Gasteiger charge is 2.26. The topological polar surface area (TPSA) is 38.5 Å². The first-order valence-electron chi connectivity index (χ1n) is 5.61. The summed E-state index contributed by atoms with van der Waals surface area (Å²) in [5, 5.41) is 0. The molecule has 0 bridgehead atoms. The van der Waals surface area contributed by atoms with E-state index in [1.54, 1.807) is 0 Å². The van der Waals surface area contributed by atoms with Gasteiger partial charge < -0.3 is 15.4 Å². The molecule has 1 heterocycles. The Hall–Kier alpha value is -0.120. The Morgan fingerprint density at radius 2 is 1.93 bits per heavy atom. The molecule has 3 nitrogen and oxygen atoms in total. The molecular weight excluding hydrogens is 176 g/mol. The van der Waals surface area contributed by atoms with Gasteiger partial charge in [-0.05, 0) is 46.2 Å². The molecule has 14 heavy (non-hydrogen) atoms. The van der Waals surface area contributed by atoms with Crippen LogP contribution in [-0.2, 0) is 4.74 Å². The Labute approximate surface area is 87.6 Å². The Morgan fingerprint density at radius 3 is 2.36 bits per heavy atom. The maximum absolute atomic E-state index is 5.88. The predicted molar refractivity (Wildman–Crippen MR) is 59.3 cm³/mol. The third kappa shape index (κ3) is 3.56. The summed E-state index contributed by atoms with van der Waals surface area (Å²) in [6.07, 6.45) is 3.48. The van der Waals surface area contributed by atoms with E-state index in [2.05, 4.69) is 25.9 Å². The summed E-state index contributed by atoms with van der Waals surface area (Å²) in [5.41, 5.74) is 5.88. The van der Waals surface area contributed by atoms with E-state index in [1.165, 1.54) is 12.8 Å². The maximum Gasteiger partial charge on any atom is 0.0469 e. The van der Waals surface area contributed by atoms with Crippen molar-refractivity contribution in [2.24, 2.45) is 11.7 Å². The van der Waals surface area contributed by atoms with Crippen molar-refractivity contribution < 1.29 is 4.74 Å². The van der Waals surface area contributed by atoms with Gasteiger partial charge in [0, 0.05) is 25.3 Å². The summed E-state index contributed by atoms with van der Waals surface area (Å²) >= 11 is 0. The smallest absolute Gasteiger partial charge is 0.0469 e. The maximum atomic E-state index is 5.88. The first-order chi connectivity index (χ1) is 6.61. The van der Waals surface area contributed by atoms with Crippen LogP contribution >= 0.6 is 0 Å². The molecule has 1 rings (SSSR count). The lowest BCUT2D eigenvalue weighted by molar-refractivity contribution is 0.0335. The van der Waals surface area contributed by atoms with Gasteiger partial charge in [0.15, 0.2) is 0 Å². The van der Waals surface area contributed by atoms with Crippen molar-refractivity contribution in [1.82, 2.24) is 4.90 Å². The van der Waals surface area contributed by atoms with Crippen molar-refractivity contribution in [1.29, 1.82) is 0 Å². The second kappa shape index (κ2) is 5.69. The van der Waals surface area contributed by atoms with Gasteiger partial charge in [0.1, 0.15) is 0 Å². The van der Waals surface area contributed by atoms with Gasteiger partial charge in [0.25, 0.3) is 0 Å². The molecule has 0 aromatic heterocycles. The number of nitrogens with zero attached hydrogens (tertiary/aromatic N) is 1. The molecule has 2 unspecified atom stereocenters. The Morgan fingerprint density at radius 1 is 1.36 bits per heavy atom. The van der Waals surface area contributed by atoms with Crippen molar-refractivity contribution in [3.63, 3.8) is 0 Å². The molecule has 2 atom stereocenters. The molecule has 0 spiro atoms. The molecule has 0 aromatic carbocycles. The van der Waals surface area contributed by atoms with Gasteiger partial charge in [0.05, 0.1) is 0 Å². The van der Waals surface area contributed by atoms with Crippen LogP contribution in [0.4, 0.5) is 0 Å². The Kier molecular flexibility index (Phi) is 4.85. The van der Waals surface area contributed by atoms with E-state index in [4.69, 9.17) is 10.5 Å². The molecule has 2 N–H and O–H groups in total. The zero-order chi connectivity index (χ0) is 10.6. The van der Waals surface area contributed by atoms with Crippen LogP contribution in [0.3, 0.4) is 0 Å². The first-order valence-corrected chi connectivity index (χ1v) is 5.61. The fraction of sp³-hybridized carbons (Fsp3) is 1.00. The Balaban J connectivity index is 2.47. The van der Waals surface area contributed by atoms with Crippen LogP contribution in [-0.4, -0.2) is 44.3 Å². The molecule has 0 aliphatic carbocycles. The highest BCUT2D eigenvalue weighted by atomic mass is 16.5. The molecular formula is C11H24N2O. The van der Waals surface area contributed by atoms with Crippen LogP contribution in [0.25, 0.3) is 0 Å². The van der Waals surface area contributed by atoms with Crippen LogP contribution in [0.1, 0.15) is 26.2 Å². The molecule has 0 radical (unpaired) electrons. The van der Waals surface area contributed by atoms with E-state index >= 15 is 0 Å². The fourth-order valence-corrected chi connectivity index (χ4v) is 2.31. The second-order valence-electron chi connectivity index (χ2n) is 4.69. The molecule has 3 heteroatoms. The number of rotatable bonds is 4. The molecule has 0 amide bonds. The van der Waals surface area contributed by atoms with Gasteiger partial charge >= 0.3 is 0 Å². The molecule has 0 saturated carbocycles. The van der Waals surface area contributed by atoms with E-state index in [1.807, 2.05) is 0 Å². The van der Waals surface area contributed by atoms with Crippen LogP contribution in [0.2, 0.25) is 0 Å². The largest absolute Gasteiger partial charge is 0.381 e. The predicted octanol–water partition coefficient (Wildman–Crippen LogP) is 1.08. The summed E-state index contributed by atoms with van der Waals surface area (Å²) in [6, 6.07) is 0.921. The minimum atomic E-state index is 0.297. The van der Waals surface area contributed by atoms with E-state index in [9.17, 15) is 0 Å². The quantitative estimate of drug-likeness (QED) is 0.738. The monoisotopic (exact) mass is 200 g/mol. The zero-order valence-corrected chi connectivity index (χ0v) is 9.70. The SMILES string of the molecule is CC(N)CC(C1CCOCC1)N(C)C. The standard InChI is InChI=1S/C11H24N2O/c1-9(12)8-11(13(2)3)10-4-6-14-7-5-10/h9-11H,4-8,12H2,1-3H3. The second-order valence-corrected chi connectivity index (χ2v) is 4.69.